The second kappa shape index (κ2) is 4.55. The summed E-state index contributed by atoms with van der Waals surface area (Å²) in [4.78, 5) is 11.9. The average Bonchev–Trinajstić information content (AvgIpc) is 2.61. The molecule has 17 heavy (non-hydrogen) atoms. The summed E-state index contributed by atoms with van der Waals surface area (Å²) >= 11 is 5.93. The van der Waals surface area contributed by atoms with Crippen molar-refractivity contribution in [3.8, 4) is 0 Å². The molecule has 0 aliphatic heterocycles. The van der Waals surface area contributed by atoms with E-state index in [1.54, 1.807) is 42.8 Å². The molecule has 0 aliphatic carbocycles. The first-order valence-corrected chi connectivity index (χ1v) is 5.39. The van der Waals surface area contributed by atoms with E-state index in [1.165, 1.54) is 0 Å². The number of carbonyl (C=O) groups is 1. The molecule has 0 saturated heterocycles. The van der Waals surface area contributed by atoms with Crippen molar-refractivity contribution in [2.45, 2.75) is 6.92 Å². The van der Waals surface area contributed by atoms with E-state index in [-0.39, 0.29) is 5.91 Å². The average molecular weight is 251 g/mol. The number of benzene rings is 1. The van der Waals surface area contributed by atoms with E-state index in [1.807, 2.05) is 0 Å². The molecule has 1 heterocycles. The van der Waals surface area contributed by atoms with Crippen LogP contribution in [0, 0.1) is 6.92 Å². The maximum atomic E-state index is 11.9. The van der Waals surface area contributed by atoms with Gasteiger partial charge in [0.25, 0.3) is 5.91 Å². The van der Waals surface area contributed by atoms with Gasteiger partial charge in [-0.1, -0.05) is 23.7 Å². The van der Waals surface area contributed by atoms with Gasteiger partial charge in [0.2, 0.25) is 5.95 Å². The molecular weight excluding hydrogens is 240 g/mol. The molecule has 1 N–H and O–H groups in total. The van der Waals surface area contributed by atoms with Crippen LogP contribution in [0.3, 0.4) is 0 Å². The Bertz CT molecular complexity index is 564. The molecule has 0 atom stereocenters. The number of anilines is 1. The SMILES string of the molecule is Cc1nnc(NC(=O)c2ccccc2Cl)n1C. The minimum Gasteiger partial charge on any atom is -0.300 e. The maximum absolute atomic E-state index is 11.9. The van der Waals surface area contributed by atoms with Gasteiger partial charge in [0.15, 0.2) is 0 Å². The van der Waals surface area contributed by atoms with Gasteiger partial charge in [-0.05, 0) is 19.1 Å². The van der Waals surface area contributed by atoms with Crippen molar-refractivity contribution in [1.29, 1.82) is 0 Å². The molecule has 0 saturated carbocycles. The van der Waals surface area contributed by atoms with Crippen LogP contribution < -0.4 is 5.32 Å². The number of halogens is 1. The van der Waals surface area contributed by atoms with Gasteiger partial charge in [0, 0.05) is 7.05 Å². The number of hydrogen-bond donors (Lipinski definition) is 1. The van der Waals surface area contributed by atoms with Crippen molar-refractivity contribution in [2.75, 3.05) is 5.32 Å². The van der Waals surface area contributed by atoms with E-state index in [9.17, 15) is 4.79 Å². The smallest absolute Gasteiger partial charge is 0.259 e. The van der Waals surface area contributed by atoms with Gasteiger partial charge in [-0.15, -0.1) is 10.2 Å². The molecule has 0 radical (unpaired) electrons. The number of aromatic nitrogens is 3. The summed E-state index contributed by atoms with van der Waals surface area (Å²) in [6, 6.07) is 6.84. The fraction of sp³-hybridized carbons (Fsp3) is 0.182. The van der Waals surface area contributed by atoms with E-state index < -0.39 is 0 Å². The Labute approximate surface area is 103 Å². The van der Waals surface area contributed by atoms with Crippen molar-refractivity contribution in [3.05, 3.63) is 40.7 Å². The summed E-state index contributed by atoms with van der Waals surface area (Å²) in [7, 11) is 1.78. The second-order valence-corrected chi connectivity index (χ2v) is 3.97. The zero-order valence-electron chi connectivity index (χ0n) is 9.44. The Balaban J connectivity index is 2.23. The molecule has 0 fully saturated rings. The molecule has 2 aromatic rings. The first-order valence-electron chi connectivity index (χ1n) is 5.01. The standard InChI is InChI=1S/C11H11ClN4O/c1-7-14-15-11(16(7)2)13-10(17)8-5-3-4-6-9(8)12/h3-6H,1-2H3,(H,13,15,17). The third-order valence-electron chi connectivity index (χ3n) is 2.44. The highest BCUT2D eigenvalue weighted by Gasteiger charge is 2.13. The van der Waals surface area contributed by atoms with Crippen LogP contribution >= 0.6 is 11.6 Å². The number of rotatable bonds is 2. The van der Waals surface area contributed by atoms with Gasteiger partial charge in [0.05, 0.1) is 10.6 Å². The molecule has 88 valence electrons. The monoisotopic (exact) mass is 250 g/mol. The fourth-order valence-electron chi connectivity index (χ4n) is 1.33. The van der Waals surface area contributed by atoms with E-state index in [0.717, 1.165) is 5.82 Å². The van der Waals surface area contributed by atoms with E-state index >= 15 is 0 Å². The maximum Gasteiger partial charge on any atom is 0.259 e. The third kappa shape index (κ3) is 2.29. The molecule has 1 aromatic heterocycles. The highest BCUT2D eigenvalue weighted by atomic mass is 35.5. The lowest BCUT2D eigenvalue weighted by Crippen LogP contribution is -2.15. The van der Waals surface area contributed by atoms with Gasteiger partial charge >= 0.3 is 0 Å². The molecule has 0 bridgehead atoms. The molecule has 1 aromatic carbocycles. The molecule has 2 rings (SSSR count). The zero-order valence-corrected chi connectivity index (χ0v) is 10.2. The molecular formula is C11H11ClN4O. The number of amides is 1. The predicted octanol–water partition coefficient (Wildman–Crippen LogP) is 2.03. The largest absolute Gasteiger partial charge is 0.300 e. The van der Waals surface area contributed by atoms with Crippen LogP contribution in [-0.2, 0) is 7.05 Å². The van der Waals surface area contributed by atoms with Crippen molar-refractivity contribution in [2.24, 2.45) is 7.05 Å². The first-order chi connectivity index (χ1) is 8.09. The molecule has 6 heteroatoms. The first kappa shape index (κ1) is 11.6. The van der Waals surface area contributed by atoms with Gasteiger partial charge in [0.1, 0.15) is 5.82 Å². The number of nitrogens with one attached hydrogen (secondary N) is 1. The summed E-state index contributed by atoms with van der Waals surface area (Å²) in [6.07, 6.45) is 0. The van der Waals surface area contributed by atoms with Gasteiger partial charge < -0.3 is 4.57 Å². The van der Waals surface area contributed by atoms with Crippen LogP contribution in [0.15, 0.2) is 24.3 Å². The van der Waals surface area contributed by atoms with E-state index in [2.05, 4.69) is 15.5 Å². The third-order valence-corrected chi connectivity index (χ3v) is 2.77. The van der Waals surface area contributed by atoms with Gasteiger partial charge in [-0.2, -0.15) is 0 Å². The normalized spacial score (nSPS) is 10.3. The number of nitrogens with zero attached hydrogens (tertiary/aromatic N) is 3. The van der Waals surface area contributed by atoms with E-state index in [0.29, 0.717) is 16.5 Å². The number of hydrogen-bond acceptors (Lipinski definition) is 3. The number of aryl methyl sites for hydroxylation is 1. The summed E-state index contributed by atoms with van der Waals surface area (Å²) in [5.74, 6) is 0.818. The Morgan fingerprint density at radius 2 is 2.06 bits per heavy atom. The van der Waals surface area contributed by atoms with Crippen molar-refractivity contribution < 1.29 is 4.79 Å². The Hall–Kier alpha value is -1.88. The van der Waals surface area contributed by atoms with Crippen molar-refractivity contribution in [3.63, 3.8) is 0 Å². The Kier molecular flexibility index (Phi) is 3.10. The lowest BCUT2D eigenvalue weighted by Gasteiger charge is -2.05. The lowest BCUT2D eigenvalue weighted by atomic mass is 10.2. The summed E-state index contributed by atoms with van der Waals surface area (Å²) in [6.45, 7) is 1.80. The summed E-state index contributed by atoms with van der Waals surface area (Å²) in [5, 5.41) is 10.8. The Morgan fingerprint density at radius 3 is 2.65 bits per heavy atom. The molecule has 0 unspecified atom stereocenters. The quantitative estimate of drug-likeness (QED) is 0.887. The van der Waals surface area contributed by atoms with Crippen LogP contribution in [0.4, 0.5) is 5.95 Å². The zero-order chi connectivity index (χ0) is 12.4. The van der Waals surface area contributed by atoms with Crippen molar-refractivity contribution >= 4 is 23.5 Å². The van der Waals surface area contributed by atoms with Gasteiger partial charge in [-0.25, -0.2) is 0 Å². The molecule has 0 spiro atoms. The van der Waals surface area contributed by atoms with Crippen molar-refractivity contribution in [1.82, 2.24) is 14.8 Å². The predicted molar refractivity (Wildman–Crippen MR) is 65.1 cm³/mol. The topological polar surface area (TPSA) is 59.8 Å². The number of carbonyl (C=O) groups excluding carboxylic acids is 1. The molecule has 0 aliphatic rings. The van der Waals surface area contributed by atoms with Crippen LogP contribution in [0.1, 0.15) is 16.2 Å². The van der Waals surface area contributed by atoms with Crippen LogP contribution in [-0.4, -0.2) is 20.7 Å². The van der Waals surface area contributed by atoms with E-state index in [4.69, 9.17) is 11.6 Å². The molecule has 1 amide bonds. The van der Waals surface area contributed by atoms with Crippen LogP contribution in [0.5, 0.6) is 0 Å². The highest BCUT2D eigenvalue weighted by Crippen LogP contribution is 2.16. The summed E-state index contributed by atoms with van der Waals surface area (Å²) in [5.41, 5.74) is 0.412. The summed E-state index contributed by atoms with van der Waals surface area (Å²) < 4.78 is 1.69. The molecule has 5 nitrogen and oxygen atoms in total. The Morgan fingerprint density at radius 1 is 1.35 bits per heavy atom. The van der Waals surface area contributed by atoms with Crippen LogP contribution in [0.2, 0.25) is 5.02 Å². The fourth-order valence-corrected chi connectivity index (χ4v) is 1.55. The minimum atomic E-state index is -0.300. The van der Waals surface area contributed by atoms with Gasteiger partial charge in [-0.3, -0.25) is 10.1 Å². The lowest BCUT2D eigenvalue weighted by molar-refractivity contribution is 0.102. The highest BCUT2D eigenvalue weighted by molar-refractivity contribution is 6.34. The second-order valence-electron chi connectivity index (χ2n) is 3.56. The minimum absolute atomic E-state index is 0.300. The van der Waals surface area contributed by atoms with Crippen LogP contribution in [0.25, 0.3) is 0 Å².